The lowest BCUT2D eigenvalue weighted by Crippen LogP contribution is -2.52. The first-order chi connectivity index (χ1) is 18.2. The van der Waals surface area contributed by atoms with Gasteiger partial charge in [0.1, 0.15) is 5.54 Å². The van der Waals surface area contributed by atoms with Crippen LogP contribution in [-0.4, -0.2) is 157 Å². The molecule has 0 aliphatic carbocycles. The summed E-state index contributed by atoms with van der Waals surface area (Å²) in [5.41, 5.74) is -2.59. The Kier molecular flexibility index (Phi) is 21.2. The van der Waals surface area contributed by atoms with Crippen molar-refractivity contribution < 1.29 is 33.9 Å². The Morgan fingerprint density at radius 3 is 1.05 bits per heavy atom. The third-order valence-electron chi connectivity index (χ3n) is 7.12. The van der Waals surface area contributed by atoms with Gasteiger partial charge < -0.3 is 34.9 Å². The van der Waals surface area contributed by atoms with Gasteiger partial charge in [0.2, 0.25) is 17.7 Å². The molecule has 2 N–H and O–H groups in total. The molecule has 0 spiro atoms. The number of carbonyl (C=O) groups is 6. The number of aliphatic carboxylic acids is 1. The Bertz CT molecular complexity index is 864. The third-order valence-corrected chi connectivity index (χ3v) is 7.12. The molecule has 0 aliphatic heterocycles. The van der Waals surface area contributed by atoms with Crippen molar-refractivity contribution in [2.24, 2.45) is 0 Å². The summed E-state index contributed by atoms with van der Waals surface area (Å²) >= 11 is 0. The maximum atomic E-state index is 11.6. The molecule has 0 heterocycles. The number of ketones is 2. The Morgan fingerprint density at radius 1 is 0.571 bits per heavy atom. The normalized spacial score (nSPS) is 11.2. The highest BCUT2D eigenvalue weighted by atomic mass is 16.4. The zero-order valence-corrected chi connectivity index (χ0v) is 28.3. The van der Waals surface area contributed by atoms with Gasteiger partial charge in [-0.05, 0) is 90.6 Å². The van der Waals surface area contributed by atoms with E-state index in [9.17, 15) is 28.8 Å². The Hall–Kier alpha value is -2.90. The smallest absolute Gasteiger partial charge is 0.329 e. The van der Waals surface area contributed by atoms with E-state index in [1.807, 2.05) is 14.1 Å². The number of nitrogens with one attached hydrogen (secondary N) is 1. The van der Waals surface area contributed by atoms with Gasteiger partial charge >= 0.3 is 5.97 Å². The van der Waals surface area contributed by atoms with Crippen LogP contribution in [0, 0.1) is 0 Å². The van der Waals surface area contributed by atoms with Gasteiger partial charge in [-0.2, -0.15) is 0 Å². The maximum absolute atomic E-state index is 11.6. The van der Waals surface area contributed by atoms with E-state index >= 15 is 0 Å². The van der Waals surface area contributed by atoms with Crippen molar-refractivity contribution in [1.29, 1.82) is 0 Å². The van der Waals surface area contributed by atoms with E-state index in [4.69, 9.17) is 5.11 Å². The molecule has 0 fully saturated rings. The summed E-state index contributed by atoms with van der Waals surface area (Å²) in [6.07, 6.45) is 0. The third kappa shape index (κ3) is 15.4. The maximum Gasteiger partial charge on any atom is 0.329 e. The van der Waals surface area contributed by atoms with Gasteiger partial charge in [0.25, 0.3) is 0 Å². The molecule has 0 radical (unpaired) electrons. The van der Waals surface area contributed by atoms with E-state index in [0.717, 1.165) is 0 Å². The second-order valence-electron chi connectivity index (χ2n) is 12.0. The Labute approximate surface area is 254 Å². The van der Waals surface area contributed by atoms with Crippen molar-refractivity contribution in [2.45, 2.75) is 79.4 Å². The fourth-order valence-electron chi connectivity index (χ4n) is 2.57. The summed E-state index contributed by atoms with van der Waals surface area (Å²) in [5.74, 6) is -1.36. The van der Waals surface area contributed by atoms with Gasteiger partial charge in [0, 0.05) is 21.1 Å². The zero-order chi connectivity index (χ0) is 33.7. The number of rotatable bonds is 12. The van der Waals surface area contributed by atoms with Gasteiger partial charge in [-0.1, -0.05) is 7.43 Å². The molecule has 248 valence electrons. The van der Waals surface area contributed by atoms with E-state index in [1.54, 1.807) is 72.7 Å². The fraction of sp³-hybridized carbons (Fsp3) is 0.793. The summed E-state index contributed by atoms with van der Waals surface area (Å²) in [6.45, 7) is 13.8. The highest BCUT2D eigenvalue weighted by molar-refractivity contribution is 5.91. The average Bonchev–Trinajstić information content (AvgIpc) is 2.82. The van der Waals surface area contributed by atoms with Gasteiger partial charge in [-0.3, -0.25) is 24.0 Å². The standard InChI is InChI=1S/C10H20N2O2.C9H18N2O3.C9H18N2O2.CH4/c1-8(13)10(2,3)12(6)9(14)7-11(4)5;1-9(2,8(13)14)11(5)7(12)6-10(3)4;1-7(12)9(2,3)11(5)8(13)6-10-4;/h7H2,1-6H3;6H2,1-5H3,(H,13,14);10H,6H2,1-5H3;1H4. The molecule has 0 aromatic heterocycles. The van der Waals surface area contributed by atoms with Crippen LogP contribution in [0.4, 0.5) is 0 Å². The molecule has 0 saturated heterocycles. The Morgan fingerprint density at radius 2 is 0.833 bits per heavy atom. The second kappa shape index (κ2) is 19.3. The van der Waals surface area contributed by atoms with Crippen molar-refractivity contribution in [2.75, 3.05) is 76.0 Å². The number of hydrogen-bond donors (Lipinski definition) is 2. The average molecular weight is 605 g/mol. The van der Waals surface area contributed by atoms with E-state index in [2.05, 4.69) is 5.32 Å². The molecule has 0 unspecified atom stereocenters. The van der Waals surface area contributed by atoms with Crippen LogP contribution >= 0.6 is 0 Å². The summed E-state index contributed by atoms with van der Waals surface area (Å²) in [5, 5.41) is 11.6. The lowest BCUT2D eigenvalue weighted by Gasteiger charge is -2.34. The van der Waals surface area contributed by atoms with Gasteiger partial charge in [-0.15, -0.1) is 0 Å². The predicted octanol–water partition coefficient (Wildman–Crippen LogP) is 0.912. The summed E-state index contributed by atoms with van der Waals surface area (Å²) < 4.78 is 0. The first kappa shape index (κ1) is 46.1. The largest absolute Gasteiger partial charge is 0.480 e. The second-order valence-corrected chi connectivity index (χ2v) is 12.0. The van der Waals surface area contributed by atoms with E-state index in [-0.39, 0.29) is 49.8 Å². The molecule has 0 aromatic carbocycles. The molecule has 13 nitrogen and oxygen atoms in total. The lowest BCUT2D eigenvalue weighted by atomic mass is 9.98. The highest BCUT2D eigenvalue weighted by Gasteiger charge is 2.35. The van der Waals surface area contributed by atoms with E-state index in [1.165, 1.54) is 49.4 Å². The number of carbonyl (C=O) groups excluding carboxylic acids is 5. The van der Waals surface area contributed by atoms with E-state index in [0.29, 0.717) is 6.54 Å². The summed E-state index contributed by atoms with van der Waals surface area (Å²) in [6, 6.07) is 0. The number of Topliss-reactive ketones (excluding diaryl/α,β-unsaturated/α-hetero) is 2. The van der Waals surface area contributed by atoms with Crippen molar-refractivity contribution in [3.8, 4) is 0 Å². The number of nitrogens with zero attached hydrogens (tertiary/aromatic N) is 5. The molecule has 3 amide bonds. The van der Waals surface area contributed by atoms with Gasteiger partial charge in [0.05, 0.1) is 30.7 Å². The monoisotopic (exact) mass is 604 g/mol. The molecule has 0 rings (SSSR count). The van der Waals surface area contributed by atoms with Crippen molar-refractivity contribution in [1.82, 2.24) is 29.8 Å². The first-order valence-electron chi connectivity index (χ1n) is 13.2. The molecular formula is C29H60N6O7. The number of carboxylic acid groups (broad SMARTS) is 1. The number of hydrogen-bond acceptors (Lipinski definition) is 9. The molecular weight excluding hydrogens is 544 g/mol. The first-order valence-corrected chi connectivity index (χ1v) is 13.2. The van der Waals surface area contributed by atoms with Crippen LogP contribution in [0.25, 0.3) is 0 Å². The van der Waals surface area contributed by atoms with E-state index < -0.39 is 22.6 Å². The number of carboxylic acids is 1. The van der Waals surface area contributed by atoms with Crippen molar-refractivity contribution in [3.63, 3.8) is 0 Å². The SMILES string of the molecule is C.CC(=O)C(C)(C)N(C)C(=O)CN(C)C.CN(C)CC(=O)N(C)C(C)(C)C(=O)O.CNCC(=O)N(C)C(C)(C)C(C)=O. The highest BCUT2D eigenvalue weighted by Crippen LogP contribution is 2.14. The van der Waals surface area contributed by atoms with Crippen molar-refractivity contribution in [3.05, 3.63) is 0 Å². The number of likely N-dealkylation sites (N-methyl/N-ethyl adjacent to an activating group) is 6. The molecule has 0 atom stereocenters. The summed E-state index contributed by atoms with van der Waals surface area (Å²) in [4.78, 5) is 75.6. The number of amides is 3. The van der Waals surface area contributed by atoms with Gasteiger partial charge in [-0.25, -0.2) is 4.79 Å². The molecule has 13 heteroatoms. The lowest BCUT2D eigenvalue weighted by molar-refractivity contribution is -0.155. The van der Waals surface area contributed by atoms with Crippen LogP contribution in [-0.2, 0) is 28.8 Å². The predicted molar refractivity (Wildman–Crippen MR) is 167 cm³/mol. The summed E-state index contributed by atoms with van der Waals surface area (Å²) in [7, 11) is 13.7. The topological polar surface area (TPSA) is 151 Å². The molecule has 0 bridgehead atoms. The van der Waals surface area contributed by atoms with Crippen LogP contribution in [0.3, 0.4) is 0 Å². The minimum atomic E-state index is -1.16. The quantitative estimate of drug-likeness (QED) is 0.329. The fourth-order valence-corrected chi connectivity index (χ4v) is 2.57. The zero-order valence-electron chi connectivity index (χ0n) is 28.3. The van der Waals surface area contributed by atoms with Crippen LogP contribution < -0.4 is 5.32 Å². The van der Waals surface area contributed by atoms with Crippen LogP contribution in [0.15, 0.2) is 0 Å². The minimum absolute atomic E-state index is 0. The molecule has 42 heavy (non-hydrogen) atoms. The Balaban J connectivity index is -0.000000255. The van der Waals surface area contributed by atoms with Gasteiger partial charge in [0.15, 0.2) is 11.6 Å². The molecule has 0 aromatic rings. The van der Waals surface area contributed by atoms with Crippen LogP contribution in [0.2, 0.25) is 0 Å². The van der Waals surface area contributed by atoms with Crippen LogP contribution in [0.1, 0.15) is 62.8 Å². The molecule has 0 aliphatic rings. The van der Waals surface area contributed by atoms with Crippen molar-refractivity contribution >= 4 is 35.3 Å². The molecule has 0 saturated carbocycles. The van der Waals surface area contributed by atoms with Crippen LogP contribution in [0.5, 0.6) is 0 Å². The minimum Gasteiger partial charge on any atom is -0.480 e.